The lowest BCUT2D eigenvalue weighted by molar-refractivity contribution is -0.167. The number of carbonyl (C=O) groups is 3. The van der Waals surface area contributed by atoms with Crippen LogP contribution < -0.4 is 0 Å². The molecule has 2 fully saturated rings. The van der Waals surface area contributed by atoms with E-state index in [1.807, 2.05) is 0 Å². The van der Waals surface area contributed by atoms with Gasteiger partial charge in [0.25, 0.3) is 5.91 Å². The number of nitrogens with zero attached hydrogens (tertiary/aromatic N) is 4. The van der Waals surface area contributed by atoms with Crippen LogP contribution in [0.4, 0.5) is 0 Å². The topological polar surface area (TPSA) is 117 Å². The second-order valence-corrected chi connectivity index (χ2v) is 6.84. The Hall–Kier alpha value is -2.29. The molecular weight excluding hydrogens is 328 g/mol. The lowest BCUT2D eigenvalue weighted by Gasteiger charge is -2.50. The molecule has 1 aromatic heterocycles. The van der Waals surface area contributed by atoms with Gasteiger partial charge in [0.1, 0.15) is 5.54 Å². The van der Waals surface area contributed by atoms with Gasteiger partial charge in [0, 0.05) is 19.9 Å². The second-order valence-electron chi connectivity index (χ2n) is 6.84. The first kappa shape index (κ1) is 17.5. The van der Waals surface area contributed by atoms with Crippen LogP contribution in [0.3, 0.4) is 0 Å². The molecule has 0 bridgehead atoms. The Balaban J connectivity index is 1.60. The first-order valence-corrected chi connectivity index (χ1v) is 8.39. The molecule has 1 unspecified atom stereocenters. The van der Waals surface area contributed by atoms with Crippen LogP contribution in [0.2, 0.25) is 0 Å². The number of β-lactam (4-membered cyclic amide) rings is 1. The summed E-state index contributed by atoms with van der Waals surface area (Å²) in [5.74, 6) is -0.865. The minimum absolute atomic E-state index is 0.00701. The summed E-state index contributed by atoms with van der Waals surface area (Å²) in [6.45, 7) is 3.95. The fourth-order valence-electron chi connectivity index (χ4n) is 3.84. The normalized spacial score (nSPS) is 25.2. The van der Waals surface area contributed by atoms with E-state index in [1.165, 1.54) is 18.2 Å². The molecule has 3 atom stereocenters. The maximum Gasteiger partial charge on any atom is 0.250 e. The molecule has 2 saturated heterocycles. The molecular formula is C16H22N4O5. The van der Waals surface area contributed by atoms with Crippen LogP contribution in [0.15, 0.2) is 10.9 Å². The molecule has 1 N–H and O–H groups in total. The highest BCUT2D eigenvalue weighted by molar-refractivity contribution is 5.99. The van der Waals surface area contributed by atoms with Crippen molar-refractivity contribution in [3.05, 3.63) is 12.2 Å². The molecule has 9 nitrogen and oxygen atoms in total. The fourth-order valence-corrected chi connectivity index (χ4v) is 3.84. The molecule has 3 rings (SSSR count). The molecule has 136 valence electrons. The Morgan fingerprint density at radius 2 is 2.24 bits per heavy atom. The Kier molecular flexibility index (Phi) is 4.59. The summed E-state index contributed by atoms with van der Waals surface area (Å²) >= 11 is 0. The largest absolute Gasteiger partial charge is 0.393 e. The van der Waals surface area contributed by atoms with Gasteiger partial charge < -0.3 is 19.4 Å². The lowest BCUT2D eigenvalue weighted by Crippen LogP contribution is -2.73. The molecule has 0 aromatic carbocycles. The molecule has 1 aromatic rings. The summed E-state index contributed by atoms with van der Waals surface area (Å²) < 4.78 is 4.94. The van der Waals surface area contributed by atoms with Crippen LogP contribution in [0.5, 0.6) is 0 Å². The molecule has 0 radical (unpaired) electrons. The van der Waals surface area contributed by atoms with Crippen molar-refractivity contribution in [2.24, 2.45) is 0 Å². The van der Waals surface area contributed by atoms with Crippen molar-refractivity contribution in [1.82, 2.24) is 19.9 Å². The summed E-state index contributed by atoms with van der Waals surface area (Å²) in [6, 6.07) is 0. The summed E-state index contributed by atoms with van der Waals surface area (Å²) in [7, 11) is 0. The number of hydrogen-bond acceptors (Lipinski definition) is 7. The van der Waals surface area contributed by atoms with Gasteiger partial charge in [-0.15, -0.1) is 0 Å². The van der Waals surface area contributed by atoms with Crippen molar-refractivity contribution in [2.45, 2.75) is 50.7 Å². The van der Waals surface area contributed by atoms with Gasteiger partial charge in [-0.25, -0.2) is 0 Å². The van der Waals surface area contributed by atoms with Crippen LogP contribution >= 0.6 is 0 Å². The summed E-state index contributed by atoms with van der Waals surface area (Å²) in [6.07, 6.45) is 1.84. The third kappa shape index (κ3) is 3.04. The third-order valence-corrected chi connectivity index (χ3v) is 5.10. The number of likely N-dealkylation sites (tertiary alicyclic amines) is 2. The maximum absolute atomic E-state index is 12.6. The van der Waals surface area contributed by atoms with Gasteiger partial charge in [-0.3, -0.25) is 14.4 Å². The smallest absolute Gasteiger partial charge is 0.250 e. The molecule has 9 heteroatoms. The van der Waals surface area contributed by atoms with Crippen molar-refractivity contribution < 1.29 is 24.0 Å². The van der Waals surface area contributed by atoms with E-state index in [4.69, 9.17) is 4.52 Å². The minimum atomic E-state index is -0.828. The predicted molar refractivity (Wildman–Crippen MR) is 84.3 cm³/mol. The van der Waals surface area contributed by atoms with Crippen molar-refractivity contribution in [3.8, 4) is 0 Å². The van der Waals surface area contributed by atoms with Crippen LogP contribution in [0.25, 0.3) is 0 Å². The summed E-state index contributed by atoms with van der Waals surface area (Å²) in [4.78, 5) is 43.6. The highest BCUT2D eigenvalue weighted by atomic mass is 16.5. The van der Waals surface area contributed by atoms with Crippen LogP contribution in [-0.2, 0) is 14.4 Å². The van der Waals surface area contributed by atoms with Gasteiger partial charge in [0.2, 0.25) is 11.8 Å². The van der Waals surface area contributed by atoms with Crippen molar-refractivity contribution in [2.75, 3.05) is 19.6 Å². The first-order chi connectivity index (χ1) is 11.8. The van der Waals surface area contributed by atoms with Crippen LogP contribution in [0, 0.1) is 0 Å². The zero-order chi connectivity index (χ0) is 18.2. The minimum Gasteiger partial charge on any atom is -0.393 e. The third-order valence-electron chi connectivity index (χ3n) is 5.10. The highest BCUT2D eigenvalue weighted by Crippen LogP contribution is 2.39. The Labute approximate surface area is 145 Å². The van der Waals surface area contributed by atoms with Gasteiger partial charge in [-0.1, -0.05) is 5.16 Å². The van der Waals surface area contributed by atoms with Gasteiger partial charge in [-0.05, 0) is 19.8 Å². The van der Waals surface area contributed by atoms with Crippen LogP contribution in [-0.4, -0.2) is 73.9 Å². The zero-order valence-corrected chi connectivity index (χ0v) is 14.3. The van der Waals surface area contributed by atoms with E-state index in [0.717, 1.165) is 6.42 Å². The van der Waals surface area contributed by atoms with E-state index in [0.29, 0.717) is 19.5 Å². The summed E-state index contributed by atoms with van der Waals surface area (Å²) in [5.41, 5.74) is -0.748. The summed E-state index contributed by atoms with van der Waals surface area (Å²) in [5, 5.41) is 13.3. The molecule has 1 spiro atoms. The molecule has 0 saturated carbocycles. The van der Waals surface area contributed by atoms with Crippen molar-refractivity contribution >= 4 is 17.6 Å². The number of aliphatic hydroxyl groups is 1. The van der Waals surface area contributed by atoms with E-state index in [9.17, 15) is 19.5 Å². The molecule has 2 amide bonds. The molecule has 25 heavy (non-hydrogen) atoms. The average Bonchev–Trinajstić information content (AvgIpc) is 3.22. The van der Waals surface area contributed by atoms with Gasteiger partial charge in [0.05, 0.1) is 25.1 Å². The standard InChI is InChI=1S/C16H22N4O5/c1-10(21)13(14-17-9-18-25-14)6-12(23)7-19-8-16(15(19)24)4-3-5-20(16)11(2)22/h9-10,13,21H,3-8H2,1-2H3/t10-,13+,16?/m1/s1. The first-order valence-electron chi connectivity index (χ1n) is 8.39. The number of carbonyl (C=O) groups excluding carboxylic acids is 3. The van der Waals surface area contributed by atoms with E-state index < -0.39 is 17.6 Å². The maximum atomic E-state index is 12.6. The Morgan fingerprint density at radius 1 is 1.48 bits per heavy atom. The number of rotatable bonds is 6. The van der Waals surface area contributed by atoms with Crippen molar-refractivity contribution in [1.29, 1.82) is 0 Å². The fraction of sp³-hybridized carbons (Fsp3) is 0.688. The SMILES string of the molecule is CC(=O)N1CCCC12CN(CC(=O)C[C@H](c1ncno1)[C@@H](C)O)C2=O. The van der Waals surface area contributed by atoms with Crippen molar-refractivity contribution in [3.63, 3.8) is 0 Å². The quantitative estimate of drug-likeness (QED) is 0.701. The van der Waals surface area contributed by atoms with Gasteiger partial charge in [-0.2, -0.15) is 4.98 Å². The monoisotopic (exact) mass is 350 g/mol. The number of amides is 2. The molecule has 2 aliphatic rings. The zero-order valence-electron chi connectivity index (χ0n) is 14.3. The number of aromatic nitrogens is 2. The lowest BCUT2D eigenvalue weighted by atomic mass is 9.85. The predicted octanol–water partition coefficient (Wildman–Crippen LogP) is -0.283. The number of hydrogen-bond donors (Lipinski definition) is 1. The number of ketones is 1. The Bertz CT molecular complexity index is 674. The van der Waals surface area contributed by atoms with E-state index in [2.05, 4.69) is 10.1 Å². The number of Topliss-reactive ketones (excluding diaryl/α,β-unsaturated/α-hetero) is 1. The Morgan fingerprint density at radius 3 is 2.80 bits per heavy atom. The highest BCUT2D eigenvalue weighted by Gasteiger charge is 2.59. The van der Waals surface area contributed by atoms with Crippen LogP contribution in [0.1, 0.15) is 44.9 Å². The molecule has 2 aliphatic heterocycles. The van der Waals surface area contributed by atoms with E-state index in [1.54, 1.807) is 11.8 Å². The van der Waals surface area contributed by atoms with E-state index in [-0.39, 0.29) is 36.5 Å². The molecule has 0 aliphatic carbocycles. The van der Waals surface area contributed by atoms with Gasteiger partial charge in [0.15, 0.2) is 12.1 Å². The number of aliphatic hydroxyl groups excluding tert-OH is 1. The van der Waals surface area contributed by atoms with E-state index >= 15 is 0 Å². The molecule has 3 heterocycles. The second kappa shape index (κ2) is 6.55. The van der Waals surface area contributed by atoms with Gasteiger partial charge >= 0.3 is 0 Å². The average molecular weight is 350 g/mol.